The standard InChI is InChI=1S/C20H19N3O5S/c1-2-27-19(25)16-12-7-5-9-14(12)29-18(16)21-15(24)10-28-20(26)17-11-6-3-4-8-13(11)22-23-17/h3-4,6,8H,2,5,7,9-10H2,1H3,(H,21,24)(H,22,23). The maximum atomic E-state index is 12.3. The van der Waals surface area contributed by atoms with Crippen molar-refractivity contribution in [3.05, 3.63) is 46.0 Å². The quantitative estimate of drug-likeness (QED) is 0.601. The van der Waals surface area contributed by atoms with Crippen molar-refractivity contribution >= 4 is 45.1 Å². The van der Waals surface area contributed by atoms with Crippen LogP contribution < -0.4 is 5.32 Å². The average molecular weight is 413 g/mol. The maximum Gasteiger partial charge on any atom is 0.359 e. The van der Waals surface area contributed by atoms with Crippen LogP contribution in [0.4, 0.5) is 5.00 Å². The number of anilines is 1. The number of rotatable bonds is 6. The summed E-state index contributed by atoms with van der Waals surface area (Å²) in [5, 5.41) is 10.5. The summed E-state index contributed by atoms with van der Waals surface area (Å²) in [5.74, 6) is -1.66. The SMILES string of the molecule is CCOC(=O)c1c(NC(=O)COC(=O)c2n[nH]c3ccccc23)sc2c1CCC2. The molecule has 4 rings (SSSR count). The number of H-pyrrole nitrogens is 1. The number of hydrogen-bond donors (Lipinski definition) is 2. The van der Waals surface area contributed by atoms with Gasteiger partial charge >= 0.3 is 11.9 Å². The molecule has 1 aliphatic carbocycles. The topological polar surface area (TPSA) is 110 Å². The Morgan fingerprint density at radius 3 is 2.83 bits per heavy atom. The number of hydrogen-bond acceptors (Lipinski definition) is 7. The highest BCUT2D eigenvalue weighted by atomic mass is 32.1. The number of nitrogens with one attached hydrogen (secondary N) is 2. The molecule has 2 N–H and O–H groups in total. The van der Waals surface area contributed by atoms with E-state index in [0.717, 1.165) is 29.7 Å². The molecule has 1 amide bonds. The van der Waals surface area contributed by atoms with E-state index in [4.69, 9.17) is 9.47 Å². The van der Waals surface area contributed by atoms with Crippen LogP contribution in [-0.4, -0.2) is 41.3 Å². The monoisotopic (exact) mass is 413 g/mol. The van der Waals surface area contributed by atoms with Gasteiger partial charge < -0.3 is 14.8 Å². The molecule has 1 aliphatic rings. The number of ether oxygens (including phenoxy) is 2. The number of fused-ring (bicyclic) bond motifs is 2. The fourth-order valence-corrected chi connectivity index (χ4v) is 4.69. The van der Waals surface area contributed by atoms with Crippen molar-refractivity contribution in [1.82, 2.24) is 10.2 Å². The van der Waals surface area contributed by atoms with Gasteiger partial charge in [-0.1, -0.05) is 18.2 Å². The number of benzene rings is 1. The fourth-order valence-electron chi connectivity index (χ4n) is 3.39. The number of carbonyl (C=O) groups is 3. The van der Waals surface area contributed by atoms with Gasteiger partial charge in [-0.2, -0.15) is 5.10 Å². The number of aromatic nitrogens is 2. The van der Waals surface area contributed by atoms with Gasteiger partial charge in [0.15, 0.2) is 12.3 Å². The lowest BCUT2D eigenvalue weighted by Gasteiger charge is -2.08. The molecule has 3 aromatic rings. The van der Waals surface area contributed by atoms with E-state index in [2.05, 4.69) is 15.5 Å². The van der Waals surface area contributed by atoms with Gasteiger partial charge in [0.1, 0.15) is 5.00 Å². The van der Waals surface area contributed by atoms with E-state index in [0.29, 0.717) is 21.5 Å². The molecule has 2 heterocycles. The average Bonchev–Trinajstić information content (AvgIpc) is 3.40. The summed E-state index contributed by atoms with van der Waals surface area (Å²) >= 11 is 1.37. The van der Waals surface area contributed by atoms with Gasteiger partial charge in [-0.15, -0.1) is 11.3 Å². The molecule has 2 aromatic heterocycles. The predicted molar refractivity (Wildman–Crippen MR) is 107 cm³/mol. The zero-order chi connectivity index (χ0) is 20.4. The molecule has 150 valence electrons. The summed E-state index contributed by atoms with van der Waals surface area (Å²) in [5.41, 5.74) is 2.19. The molecule has 0 fully saturated rings. The minimum atomic E-state index is -0.697. The first-order valence-corrected chi connectivity index (χ1v) is 10.1. The number of para-hydroxylation sites is 1. The second-order valence-corrected chi connectivity index (χ2v) is 7.63. The Morgan fingerprint density at radius 1 is 1.17 bits per heavy atom. The van der Waals surface area contributed by atoms with E-state index in [9.17, 15) is 14.4 Å². The third-order valence-corrected chi connectivity index (χ3v) is 5.86. The normalized spacial score (nSPS) is 12.6. The van der Waals surface area contributed by atoms with Crippen molar-refractivity contribution in [3.8, 4) is 0 Å². The van der Waals surface area contributed by atoms with E-state index in [1.165, 1.54) is 11.3 Å². The van der Waals surface area contributed by atoms with E-state index >= 15 is 0 Å². The Morgan fingerprint density at radius 2 is 2.00 bits per heavy atom. The van der Waals surface area contributed by atoms with E-state index in [1.807, 2.05) is 6.07 Å². The van der Waals surface area contributed by atoms with Crippen molar-refractivity contribution in [1.29, 1.82) is 0 Å². The highest BCUT2D eigenvalue weighted by Crippen LogP contribution is 2.39. The highest BCUT2D eigenvalue weighted by Gasteiger charge is 2.28. The zero-order valence-corrected chi connectivity index (χ0v) is 16.6. The summed E-state index contributed by atoms with van der Waals surface area (Å²) in [6, 6.07) is 7.14. The summed E-state index contributed by atoms with van der Waals surface area (Å²) < 4.78 is 10.2. The van der Waals surface area contributed by atoms with Gasteiger partial charge in [0.05, 0.1) is 17.7 Å². The molecule has 9 heteroatoms. The Bertz CT molecular complexity index is 1100. The van der Waals surface area contributed by atoms with Crippen LogP contribution in [0.1, 0.15) is 44.6 Å². The molecule has 0 atom stereocenters. The summed E-state index contributed by atoms with van der Waals surface area (Å²) in [6.07, 6.45) is 2.65. The van der Waals surface area contributed by atoms with Crippen molar-refractivity contribution in [3.63, 3.8) is 0 Å². The largest absolute Gasteiger partial charge is 0.462 e. The number of thiophene rings is 1. The second kappa shape index (κ2) is 8.04. The fraction of sp³-hybridized carbons (Fsp3) is 0.300. The number of nitrogens with zero attached hydrogens (tertiary/aromatic N) is 1. The van der Waals surface area contributed by atoms with Crippen molar-refractivity contribution in [2.75, 3.05) is 18.5 Å². The van der Waals surface area contributed by atoms with Gasteiger partial charge in [0.25, 0.3) is 5.91 Å². The van der Waals surface area contributed by atoms with Crippen LogP contribution >= 0.6 is 11.3 Å². The van der Waals surface area contributed by atoms with E-state index in [1.54, 1.807) is 25.1 Å². The van der Waals surface area contributed by atoms with Crippen molar-refractivity contribution in [2.24, 2.45) is 0 Å². The molecule has 0 spiro atoms. The van der Waals surface area contributed by atoms with Crippen molar-refractivity contribution < 1.29 is 23.9 Å². The highest BCUT2D eigenvalue weighted by molar-refractivity contribution is 7.17. The summed E-state index contributed by atoms with van der Waals surface area (Å²) in [6.45, 7) is 1.51. The van der Waals surface area contributed by atoms with E-state index in [-0.39, 0.29) is 12.3 Å². The molecule has 29 heavy (non-hydrogen) atoms. The molecular formula is C20H19N3O5S. The summed E-state index contributed by atoms with van der Waals surface area (Å²) in [4.78, 5) is 38.1. The Balaban J connectivity index is 1.44. The smallest absolute Gasteiger partial charge is 0.359 e. The zero-order valence-electron chi connectivity index (χ0n) is 15.7. The van der Waals surface area contributed by atoms with Gasteiger partial charge in [-0.3, -0.25) is 9.89 Å². The Labute approximate surface area is 170 Å². The lowest BCUT2D eigenvalue weighted by atomic mass is 10.1. The number of esters is 2. The molecule has 0 unspecified atom stereocenters. The molecule has 8 nitrogen and oxygen atoms in total. The lowest BCUT2D eigenvalue weighted by Crippen LogP contribution is -2.22. The lowest BCUT2D eigenvalue weighted by molar-refractivity contribution is -0.119. The molecular weight excluding hydrogens is 394 g/mol. The molecule has 0 radical (unpaired) electrons. The molecule has 1 aromatic carbocycles. The van der Waals surface area contributed by atoms with Gasteiger partial charge in [0.2, 0.25) is 0 Å². The van der Waals surface area contributed by atoms with Crippen LogP contribution in [0.15, 0.2) is 24.3 Å². The van der Waals surface area contributed by atoms with Crippen LogP contribution in [0.3, 0.4) is 0 Å². The van der Waals surface area contributed by atoms with Crippen LogP contribution in [0, 0.1) is 0 Å². The Kier molecular flexibility index (Phi) is 5.30. The molecule has 0 saturated carbocycles. The van der Waals surface area contributed by atoms with Crippen LogP contribution in [0.25, 0.3) is 10.9 Å². The number of carbonyl (C=O) groups excluding carboxylic acids is 3. The Hall–Kier alpha value is -3.20. The third-order valence-electron chi connectivity index (χ3n) is 4.65. The molecule has 0 bridgehead atoms. The first-order chi connectivity index (χ1) is 14.1. The first kappa shape index (κ1) is 19.1. The number of amides is 1. The number of aromatic amines is 1. The minimum Gasteiger partial charge on any atom is -0.462 e. The second-order valence-electron chi connectivity index (χ2n) is 6.52. The summed E-state index contributed by atoms with van der Waals surface area (Å²) in [7, 11) is 0. The van der Waals surface area contributed by atoms with Crippen LogP contribution in [0.5, 0.6) is 0 Å². The van der Waals surface area contributed by atoms with E-state index < -0.39 is 24.5 Å². The minimum absolute atomic E-state index is 0.121. The predicted octanol–water partition coefficient (Wildman–Crippen LogP) is 3.09. The van der Waals surface area contributed by atoms with Gasteiger partial charge in [-0.25, -0.2) is 9.59 Å². The van der Waals surface area contributed by atoms with Crippen molar-refractivity contribution in [2.45, 2.75) is 26.2 Å². The third kappa shape index (κ3) is 3.73. The maximum absolute atomic E-state index is 12.3. The van der Waals surface area contributed by atoms with Crippen LogP contribution in [0.2, 0.25) is 0 Å². The van der Waals surface area contributed by atoms with Crippen LogP contribution in [-0.2, 0) is 27.1 Å². The molecule has 0 saturated heterocycles. The van der Waals surface area contributed by atoms with Gasteiger partial charge in [0, 0.05) is 10.3 Å². The number of aryl methyl sites for hydroxylation is 1. The molecule has 0 aliphatic heterocycles. The van der Waals surface area contributed by atoms with Gasteiger partial charge in [-0.05, 0) is 37.8 Å². The first-order valence-electron chi connectivity index (χ1n) is 9.30.